The van der Waals surface area contributed by atoms with Gasteiger partial charge in [0.1, 0.15) is 22.1 Å². The molecular weight excluding hydrogens is 391 g/mol. The summed E-state index contributed by atoms with van der Waals surface area (Å²) in [5, 5.41) is 7.01. The van der Waals surface area contributed by atoms with E-state index in [0.717, 1.165) is 6.07 Å². The Bertz CT molecular complexity index is 1060. The Kier molecular flexibility index (Phi) is 4.64. The first-order valence-corrected chi connectivity index (χ1v) is 9.03. The van der Waals surface area contributed by atoms with Crippen molar-refractivity contribution >= 4 is 10.0 Å². The summed E-state index contributed by atoms with van der Waals surface area (Å²) in [4.78, 5) is -0.221. The highest BCUT2D eigenvalue weighted by molar-refractivity contribution is 7.89. The largest absolute Gasteiger partial charge is 0.458 e. The summed E-state index contributed by atoms with van der Waals surface area (Å²) in [5.41, 5.74) is 0.867. The molecule has 0 saturated carbocycles. The van der Waals surface area contributed by atoms with E-state index in [4.69, 9.17) is 8.94 Å². The molecule has 0 radical (unpaired) electrons. The maximum atomic E-state index is 12.6. The number of hydrogen-bond acceptors (Lipinski definition) is 7. The zero-order valence-corrected chi connectivity index (χ0v) is 15.2. The van der Waals surface area contributed by atoms with Crippen molar-refractivity contribution in [2.75, 3.05) is 0 Å². The van der Waals surface area contributed by atoms with Crippen molar-refractivity contribution in [3.8, 4) is 11.5 Å². The molecule has 0 amide bonds. The Morgan fingerprint density at radius 3 is 2.33 bits per heavy atom. The Balaban J connectivity index is 1.86. The second-order valence-corrected chi connectivity index (χ2v) is 7.47. The maximum Gasteiger partial charge on any atom is 0.452 e. The molecule has 1 N–H and O–H groups in total. The van der Waals surface area contributed by atoms with Gasteiger partial charge in [-0.25, -0.2) is 13.1 Å². The fourth-order valence-electron chi connectivity index (χ4n) is 2.38. The van der Waals surface area contributed by atoms with Gasteiger partial charge >= 0.3 is 6.18 Å². The van der Waals surface area contributed by atoms with E-state index in [0.29, 0.717) is 23.1 Å². The van der Waals surface area contributed by atoms with Crippen LogP contribution in [0.4, 0.5) is 13.2 Å². The molecule has 8 nitrogen and oxygen atoms in total. The lowest BCUT2D eigenvalue weighted by Gasteiger charge is -2.05. The van der Waals surface area contributed by atoms with Gasteiger partial charge in [-0.1, -0.05) is 10.3 Å². The van der Waals surface area contributed by atoms with Crippen molar-refractivity contribution in [3.05, 3.63) is 40.7 Å². The summed E-state index contributed by atoms with van der Waals surface area (Å²) < 4.78 is 79.7. The fourth-order valence-corrected chi connectivity index (χ4v) is 3.55. The van der Waals surface area contributed by atoms with Gasteiger partial charge in [-0.05, 0) is 20.8 Å². The van der Waals surface area contributed by atoms with E-state index in [9.17, 15) is 21.6 Å². The summed E-state index contributed by atoms with van der Waals surface area (Å²) in [6.07, 6.45) is -4.71. The zero-order valence-electron chi connectivity index (χ0n) is 14.3. The van der Waals surface area contributed by atoms with Crippen LogP contribution in [0, 0.1) is 20.8 Å². The molecule has 3 rings (SSSR count). The third kappa shape index (κ3) is 3.76. The zero-order chi connectivity index (χ0) is 20.0. The number of furan rings is 1. The van der Waals surface area contributed by atoms with Crippen molar-refractivity contribution in [3.63, 3.8) is 0 Å². The summed E-state index contributed by atoms with van der Waals surface area (Å²) in [7, 11) is -4.00. The number of nitrogens with one attached hydrogen (secondary N) is 1. The Labute approximate surface area is 151 Å². The van der Waals surface area contributed by atoms with Gasteiger partial charge < -0.3 is 13.5 Å². The molecule has 0 saturated heterocycles. The standard InChI is InChI=1S/C15H14F3N3O5S/c1-7-10(8(2)25-20-7)6-19-27(22,23)13-5-12(24-9(13)3)11-4-14(26-21-11)15(16,17)18/h4-5,19H,6H2,1-3H3. The number of aryl methyl sites for hydroxylation is 3. The second-order valence-electron chi connectivity index (χ2n) is 5.73. The van der Waals surface area contributed by atoms with Gasteiger partial charge in [0.05, 0.1) is 5.69 Å². The van der Waals surface area contributed by atoms with Crippen molar-refractivity contribution in [2.45, 2.75) is 38.4 Å². The predicted octanol–water partition coefficient (Wildman–Crippen LogP) is 3.35. The van der Waals surface area contributed by atoms with Crippen molar-refractivity contribution in [2.24, 2.45) is 0 Å². The van der Waals surface area contributed by atoms with Crippen molar-refractivity contribution < 1.29 is 35.1 Å². The van der Waals surface area contributed by atoms with E-state index < -0.39 is 22.0 Å². The molecule has 3 aromatic rings. The molecule has 12 heteroatoms. The van der Waals surface area contributed by atoms with Crippen LogP contribution in [0.2, 0.25) is 0 Å². The lowest BCUT2D eigenvalue weighted by molar-refractivity contribution is -0.155. The molecule has 0 aliphatic carbocycles. The molecule has 0 atom stereocenters. The van der Waals surface area contributed by atoms with Gasteiger partial charge in [-0.15, -0.1) is 0 Å². The third-order valence-electron chi connectivity index (χ3n) is 3.82. The Morgan fingerprint density at radius 2 is 1.78 bits per heavy atom. The number of alkyl halides is 3. The van der Waals surface area contributed by atoms with E-state index in [2.05, 4.69) is 19.6 Å². The number of rotatable bonds is 5. The van der Waals surface area contributed by atoms with Crippen molar-refractivity contribution in [1.29, 1.82) is 0 Å². The maximum absolute atomic E-state index is 12.6. The molecule has 3 heterocycles. The van der Waals surface area contributed by atoms with Crippen LogP contribution in [-0.2, 0) is 22.7 Å². The molecule has 0 bridgehead atoms. The average Bonchev–Trinajstić information content (AvgIpc) is 3.25. The quantitative estimate of drug-likeness (QED) is 0.693. The van der Waals surface area contributed by atoms with Crippen LogP contribution < -0.4 is 4.72 Å². The molecule has 0 fully saturated rings. The number of aromatic nitrogens is 2. The first-order chi connectivity index (χ1) is 12.5. The minimum atomic E-state index is -4.71. The second kappa shape index (κ2) is 6.53. The molecule has 0 spiro atoms. The first-order valence-electron chi connectivity index (χ1n) is 7.55. The van der Waals surface area contributed by atoms with Gasteiger partial charge in [0.2, 0.25) is 15.8 Å². The first kappa shape index (κ1) is 19.2. The van der Waals surface area contributed by atoms with Gasteiger partial charge in [0, 0.05) is 24.2 Å². The number of nitrogens with zero attached hydrogens (tertiary/aromatic N) is 2. The van der Waals surface area contributed by atoms with Gasteiger partial charge in [-0.3, -0.25) is 0 Å². The molecular formula is C15H14F3N3O5S. The minimum absolute atomic E-state index is 0.00665. The Hall–Kier alpha value is -2.60. The van der Waals surface area contributed by atoms with E-state index in [-0.39, 0.29) is 28.7 Å². The van der Waals surface area contributed by atoms with Crippen LogP contribution in [0.3, 0.4) is 0 Å². The fraction of sp³-hybridized carbons (Fsp3) is 0.333. The minimum Gasteiger partial charge on any atom is -0.458 e. The average molecular weight is 405 g/mol. The van der Waals surface area contributed by atoms with Crippen LogP contribution in [-0.4, -0.2) is 18.7 Å². The van der Waals surface area contributed by atoms with Crippen LogP contribution in [0.1, 0.15) is 28.5 Å². The predicted molar refractivity (Wildman–Crippen MR) is 83.9 cm³/mol. The molecule has 146 valence electrons. The van der Waals surface area contributed by atoms with E-state index in [1.54, 1.807) is 13.8 Å². The van der Waals surface area contributed by atoms with E-state index >= 15 is 0 Å². The summed E-state index contributed by atoms with van der Waals surface area (Å²) >= 11 is 0. The molecule has 27 heavy (non-hydrogen) atoms. The van der Waals surface area contributed by atoms with Gasteiger partial charge in [0.15, 0.2) is 5.76 Å². The van der Waals surface area contributed by atoms with Crippen molar-refractivity contribution in [1.82, 2.24) is 15.0 Å². The molecule has 0 unspecified atom stereocenters. The highest BCUT2D eigenvalue weighted by Gasteiger charge is 2.36. The monoisotopic (exact) mass is 405 g/mol. The van der Waals surface area contributed by atoms with Crippen LogP contribution in [0.25, 0.3) is 11.5 Å². The molecule has 3 aromatic heterocycles. The van der Waals surface area contributed by atoms with Gasteiger partial charge in [-0.2, -0.15) is 13.2 Å². The molecule has 0 aliphatic heterocycles. The summed E-state index contributed by atoms with van der Waals surface area (Å²) in [6.45, 7) is 4.63. The van der Waals surface area contributed by atoms with Gasteiger partial charge in [0.25, 0.3) is 0 Å². The number of halogens is 3. The summed E-state index contributed by atoms with van der Waals surface area (Å²) in [5.74, 6) is -1.01. The number of hydrogen-bond donors (Lipinski definition) is 1. The molecule has 0 aromatic carbocycles. The normalized spacial score (nSPS) is 12.7. The Morgan fingerprint density at radius 1 is 1.07 bits per heavy atom. The van der Waals surface area contributed by atoms with E-state index in [1.165, 1.54) is 6.92 Å². The van der Waals surface area contributed by atoms with E-state index in [1.807, 2.05) is 0 Å². The smallest absolute Gasteiger partial charge is 0.452 e. The van der Waals surface area contributed by atoms with Crippen LogP contribution in [0.5, 0.6) is 0 Å². The van der Waals surface area contributed by atoms with Crippen LogP contribution in [0.15, 0.2) is 30.5 Å². The van der Waals surface area contributed by atoms with Crippen LogP contribution >= 0.6 is 0 Å². The SMILES string of the molecule is Cc1noc(C)c1CNS(=O)(=O)c1cc(-c2cc(C(F)(F)F)on2)oc1C. The number of sulfonamides is 1. The summed E-state index contributed by atoms with van der Waals surface area (Å²) in [6, 6.07) is 1.72. The highest BCUT2D eigenvalue weighted by atomic mass is 32.2. The lowest BCUT2D eigenvalue weighted by atomic mass is 10.2. The topological polar surface area (TPSA) is 111 Å². The highest BCUT2D eigenvalue weighted by Crippen LogP contribution is 2.34. The third-order valence-corrected chi connectivity index (χ3v) is 5.33. The molecule has 0 aliphatic rings. The lowest BCUT2D eigenvalue weighted by Crippen LogP contribution is -2.23.